The summed E-state index contributed by atoms with van der Waals surface area (Å²) in [7, 11) is 0. The molecule has 2 rings (SSSR count). The standard InChI is InChI=1S/C20H31N3O4/c1-6-26-16-10-14-8-9-23(12-15(14)11-17(16)27-7-2)13-18(24)21-19(25)22-20(3,4)5/h10-11H,6-9,12-13H2,1-5H3,(H2,21,22,24,25). The highest BCUT2D eigenvalue weighted by Crippen LogP contribution is 2.33. The van der Waals surface area contributed by atoms with E-state index in [4.69, 9.17) is 9.47 Å². The molecule has 0 saturated carbocycles. The molecule has 1 aromatic rings. The molecule has 0 bridgehead atoms. The van der Waals surface area contributed by atoms with Crippen LogP contribution < -0.4 is 20.1 Å². The van der Waals surface area contributed by atoms with Gasteiger partial charge in [-0.15, -0.1) is 0 Å². The van der Waals surface area contributed by atoms with E-state index in [-0.39, 0.29) is 18.0 Å². The predicted molar refractivity (Wildman–Crippen MR) is 104 cm³/mol. The van der Waals surface area contributed by atoms with Crippen molar-refractivity contribution in [3.05, 3.63) is 23.3 Å². The van der Waals surface area contributed by atoms with E-state index in [9.17, 15) is 9.59 Å². The van der Waals surface area contributed by atoms with Crippen molar-refractivity contribution in [1.29, 1.82) is 0 Å². The number of carbonyl (C=O) groups is 2. The molecule has 0 unspecified atom stereocenters. The fourth-order valence-electron chi connectivity index (χ4n) is 3.04. The van der Waals surface area contributed by atoms with Crippen LogP contribution in [-0.2, 0) is 17.8 Å². The van der Waals surface area contributed by atoms with E-state index >= 15 is 0 Å². The minimum atomic E-state index is -0.468. The van der Waals surface area contributed by atoms with Gasteiger partial charge in [-0.1, -0.05) is 0 Å². The Bertz CT molecular complexity index is 683. The number of nitrogens with one attached hydrogen (secondary N) is 2. The number of urea groups is 1. The summed E-state index contributed by atoms with van der Waals surface area (Å²) >= 11 is 0. The number of hydrogen-bond donors (Lipinski definition) is 2. The molecule has 27 heavy (non-hydrogen) atoms. The molecular formula is C20H31N3O4. The molecule has 0 aromatic heterocycles. The van der Waals surface area contributed by atoms with Gasteiger partial charge in [0.25, 0.3) is 0 Å². The highest BCUT2D eigenvalue weighted by Gasteiger charge is 2.22. The molecule has 2 N–H and O–H groups in total. The maximum Gasteiger partial charge on any atom is 0.321 e. The van der Waals surface area contributed by atoms with Crippen LogP contribution >= 0.6 is 0 Å². The lowest BCUT2D eigenvalue weighted by Gasteiger charge is -2.29. The average Bonchev–Trinajstić information content (AvgIpc) is 2.54. The molecule has 3 amide bonds. The van der Waals surface area contributed by atoms with Crippen molar-refractivity contribution in [2.45, 2.75) is 53.1 Å². The Morgan fingerprint density at radius 2 is 1.67 bits per heavy atom. The fraction of sp³-hybridized carbons (Fsp3) is 0.600. The lowest BCUT2D eigenvalue weighted by atomic mass is 9.99. The molecule has 7 heteroatoms. The first-order chi connectivity index (χ1) is 12.7. The number of rotatable bonds is 6. The molecule has 7 nitrogen and oxygen atoms in total. The second-order valence-electron chi connectivity index (χ2n) is 7.65. The first kappa shape index (κ1) is 21.0. The number of amides is 3. The second kappa shape index (κ2) is 9.08. The first-order valence-corrected chi connectivity index (χ1v) is 9.47. The summed E-state index contributed by atoms with van der Waals surface area (Å²) in [5.41, 5.74) is 1.95. The largest absolute Gasteiger partial charge is 0.490 e. The van der Waals surface area contributed by atoms with Crippen LogP contribution in [0.1, 0.15) is 45.7 Å². The van der Waals surface area contributed by atoms with Crippen molar-refractivity contribution < 1.29 is 19.1 Å². The van der Waals surface area contributed by atoms with Crippen LogP contribution in [0.3, 0.4) is 0 Å². The average molecular weight is 377 g/mol. The third-order valence-electron chi connectivity index (χ3n) is 4.07. The zero-order valence-electron chi connectivity index (χ0n) is 17.0. The van der Waals surface area contributed by atoms with Crippen LogP contribution in [-0.4, -0.2) is 48.7 Å². The van der Waals surface area contributed by atoms with E-state index in [1.165, 1.54) is 5.56 Å². The normalized spacial score (nSPS) is 14.3. The SMILES string of the molecule is CCOc1cc2c(cc1OCC)CN(CC(=O)NC(=O)NC(C)(C)C)CC2. The van der Waals surface area contributed by atoms with Gasteiger partial charge in [0.1, 0.15) is 0 Å². The van der Waals surface area contributed by atoms with Gasteiger partial charge in [-0.3, -0.25) is 15.0 Å². The molecule has 1 aliphatic rings. The Hall–Kier alpha value is -2.28. The summed E-state index contributed by atoms with van der Waals surface area (Å²) in [6, 6.07) is 3.57. The zero-order valence-corrected chi connectivity index (χ0v) is 17.0. The minimum absolute atomic E-state index is 0.175. The Kier molecular flexibility index (Phi) is 7.07. The van der Waals surface area contributed by atoms with Crippen LogP contribution in [0.4, 0.5) is 4.79 Å². The van der Waals surface area contributed by atoms with E-state index in [2.05, 4.69) is 10.6 Å². The maximum atomic E-state index is 12.2. The van der Waals surface area contributed by atoms with Crippen molar-refractivity contribution in [3.8, 4) is 11.5 Å². The molecule has 1 heterocycles. The minimum Gasteiger partial charge on any atom is -0.490 e. The van der Waals surface area contributed by atoms with Crippen molar-refractivity contribution in [2.75, 3.05) is 26.3 Å². The number of imide groups is 1. The molecule has 0 spiro atoms. The number of carbonyl (C=O) groups excluding carboxylic acids is 2. The van der Waals surface area contributed by atoms with E-state index in [0.717, 1.165) is 30.0 Å². The van der Waals surface area contributed by atoms with Gasteiger partial charge in [0.2, 0.25) is 5.91 Å². The molecule has 150 valence electrons. The van der Waals surface area contributed by atoms with Gasteiger partial charge in [0.05, 0.1) is 19.8 Å². The molecule has 0 radical (unpaired) electrons. The summed E-state index contributed by atoms with van der Waals surface area (Å²) in [5, 5.41) is 5.11. The number of nitrogens with zero attached hydrogens (tertiary/aromatic N) is 1. The molecule has 1 aliphatic heterocycles. The Morgan fingerprint density at radius 1 is 1.07 bits per heavy atom. The third kappa shape index (κ3) is 6.43. The second-order valence-corrected chi connectivity index (χ2v) is 7.65. The van der Waals surface area contributed by atoms with Gasteiger partial charge >= 0.3 is 6.03 Å². The summed E-state index contributed by atoms with van der Waals surface area (Å²) in [6.45, 7) is 12.2. The van der Waals surface area contributed by atoms with E-state index in [1.807, 2.05) is 51.7 Å². The molecule has 0 saturated heterocycles. The highest BCUT2D eigenvalue weighted by molar-refractivity contribution is 5.95. The summed E-state index contributed by atoms with van der Waals surface area (Å²) in [4.78, 5) is 26.0. The van der Waals surface area contributed by atoms with Gasteiger partial charge in [-0.25, -0.2) is 4.79 Å². The number of hydrogen-bond acceptors (Lipinski definition) is 5. The van der Waals surface area contributed by atoms with E-state index in [0.29, 0.717) is 19.8 Å². The predicted octanol–water partition coefficient (Wildman–Crippen LogP) is 2.47. The topological polar surface area (TPSA) is 79.9 Å². The maximum absolute atomic E-state index is 12.2. The van der Waals surface area contributed by atoms with Crippen LogP contribution in [0.25, 0.3) is 0 Å². The van der Waals surface area contributed by atoms with Gasteiger partial charge in [0.15, 0.2) is 11.5 Å². The molecule has 1 aromatic carbocycles. The number of fused-ring (bicyclic) bond motifs is 1. The van der Waals surface area contributed by atoms with Crippen molar-refractivity contribution in [3.63, 3.8) is 0 Å². The van der Waals surface area contributed by atoms with Crippen molar-refractivity contribution in [1.82, 2.24) is 15.5 Å². The summed E-state index contributed by atoms with van der Waals surface area (Å²) in [5.74, 6) is 1.19. The van der Waals surface area contributed by atoms with Gasteiger partial charge < -0.3 is 14.8 Å². The van der Waals surface area contributed by atoms with Crippen molar-refractivity contribution in [2.24, 2.45) is 0 Å². The quantitative estimate of drug-likeness (QED) is 0.796. The molecular weight excluding hydrogens is 346 g/mol. The summed E-state index contributed by atoms with van der Waals surface area (Å²) < 4.78 is 11.4. The van der Waals surface area contributed by atoms with Gasteiger partial charge in [-0.05, 0) is 64.3 Å². The molecule has 0 fully saturated rings. The molecule has 0 atom stereocenters. The number of benzene rings is 1. The van der Waals surface area contributed by atoms with E-state index in [1.54, 1.807) is 0 Å². The Labute approximate surface area is 161 Å². The summed E-state index contributed by atoms with van der Waals surface area (Å²) in [6.07, 6.45) is 0.823. The fourth-order valence-corrected chi connectivity index (χ4v) is 3.04. The monoisotopic (exact) mass is 377 g/mol. The lowest BCUT2D eigenvalue weighted by Crippen LogP contribution is -2.50. The Morgan fingerprint density at radius 3 is 2.22 bits per heavy atom. The van der Waals surface area contributed by atoms with Gasteiger partial charge in [-0.2, -0.15) is 0 Å². The number of ether oxygens (including phenoxy) is 2. The lowest BCUT2D eigenvalue weighted by molar-refractivity contribution is -0.121. The molecule has 0 aliphatic carbocycles. The first-order valence-electron chi connectivity index (χ1n) is 9.47. The Balaban J connectivity index is 1.99. The smallest absolute Gasteiger partial charge is 0.321 e. The van der Waals surface area contributed by atoms with Crippen molar-refractivity contribution >= 4 is 11.9 Å². The van der Waals surface area contributed by atoms with Crippen LogP contribution in [0.15, 0.2) is 12.1 Å². The van der Waals surface area contributed by atoms with Crippen LogP contribution in [0, 0.1) is 0 Å². The van der Waals surface area contributed by atoms with E-state index < -0.39 is 6.03 Å². The van der Waals surface area contributed by atoms with Crippen LogP contribution in [0.5, 0.6) is 11.5 Å². The van der Waals surface area contributed by atoms with Gasteiger partial charge in [0, 0.05) is 18.6 Å². The highest BCUT2D eigenvalue weighted by atomic mass is 16.5. The zero-order chi connectivity index (χ0) is 20.0. The third-order valence-corrected chi connectivity index (χ3v) is 4.07. The van der Waals surface area contributed by atoms with Crippen LogP contribution in [0.2, 0.25) is 0 Å².